The quantitative estimate of drug-likeness (QED) is 0.769. The lowest BCUT2D eigenvalue weighted by molar-refractivity contribution is -0.141. The van der Waals surface area contributed by atoms with E-state index in [0.717, 1.165) is 12.0 Å². The first kappa shape index (κ1) is 13.4. The topological polar surface area (TPSA) is 54.4 Å². The summed E-state index contributed by atoms with van der Waals surface area (Å²) in [6, 6.07) is 7.27. The van der Waals surface area contributed by atoms with Gasteiger partial charge in [-0.25, -0.2) is 0 Å². The predicted molar refractivity (Wildman–Crippen MR) is 66.2 cm³/mol. The van der Waals surface area contributed by atoms with Crippen molar-refractivity contribution >= 4 is 11.8 Å². The SMILES string of the molecule is CCCC(CC(=O)c1cccc(C)c1)C(=O)O. The third-order valence-electron chi connectivity index (χ3n) is 2.76. The maximum atomic E-state index is 11.9. The van der Waals surface area contributed by atoms with Crippen molar-refractivity contribution in [3.8, 4) is 0 Å². The van der Waals surface area contributed by atoms with Crippen molar-refractivity contribution in [1.29, 1.82) is 0 Å². The molecule has 0 aromatic heterocycles. The minimum atomic E-state index is -0.882. The highest BCUT2D eigenvalue weighted by Gasteiger charge is 2.20. The standard InChI is InChI=1S/C14H18O3/c1-3-5-12(14(16)17)9-13(15)11-7-4-6-10(2)8-11/h4,6-8,12H,3,5,9H2,1-2H3,(H,16,17). The van der Waals surface area contributed by atoms with Crippen LogP contribution in [-0.2, 0) is 4.79 Å². The van der Waals surface area contributed by atoms with Crippen molar-refractivity contribution < 1.29 is 14.7 Å². The second-order valence-electron chi connectivity index (χ2n) is 4.32. The number of ketones is 1. The molecule has 0 fully saturated rings. The van der Waals surface area contributed by atoms with Gasteiger partial charge in [0.1, 0.15) is 0 Å². The van der Waals surface area contributed by atoms with Crippen LogP contribution in [-0.4, -0.2) is 16.9 Å². The summed E-state index contributed by atoms with van der Waals surface area (Å²) in [5, 5.41) is 9.00. The van der Waals surface area contributed by atoms with Crippen LogP contribution in [0.5, 0.6) is 0 Å². The van der Waals surface area contributed by atoms with Gasteiger partial charge in [-0.1, -0.05) is 37.1 Å². The summed E-state index contributed by atoms with van der Waals surface area (Å²) < 4.78 is 0. The fourth-order valence-corrected chi connectivity index (χ4v) is 1.82. The van der Waals surface area contributed by atoms with Gasteiger partial charge in [-0.2, -0.15) is 0 Å². The summed E-state index contributed by atoms with van der Waals surface area (Å²) >= 11 is 0. The Morgan fingerprint density at radius 2 is 2.06 bits per heavy atom. The number of carbonyl (C=O) groups excluding carboxylic acids is 1. The Kier molecular flexibility index (Phi) is 4.88. The van der Waals surface area contributed by atoms with Crippen LogP contribution in [0.1, 0.15) is 42.1 Å². The Hall–Kier alpha value is -1.64. The maximum absolute atomic E-state index is 11.9. The Morgan fingerprint density at radius 1 is 1.35 bits per heavy atom. The van der Waals surface area contributed by atoms with Gasteiger partial charge >= 0.3 is 5.97 Å². The van der Waals surface area contributed by atoms with Gasteiger partial charge in [-0.05, 0) is 19.4 Å². The molecular weight excluding hydrogens is 216 g/mol. The average molecular weight is 234 g/mol. The first-order chi connectivity index (χ1) is 8.04. The lowest BCUT2D eigenvalue weighted by Crippen LogP contribution is -2.18. The monoisotopic (exact) mass is 234 g/mol. The van der Waals surface area contributed by atoms with Gasteiger partial charge in [-0.15, -0.1) is 0 Å². The highest BCUT2D eigenvalue weighted by atomic mass is 16.4. The molecule has 1 aromatic rings. The van der Waals surface area contributed by atoms with E-state index in [9.17, 15) is 9.59 Å². The molecule has 0 bridgehead atoms. The number of hydrogen-bond donors (Lipinski definition) is 1. The van der Waals surface area contributed by atoms with E-state index in [2.05, 4.69) is 0 Å². The molecule has 1 N–H and O–H groups in total. The minimum Gasteiger partial charge on any atom is -0.481 e. The van der Waals surface area contributed by atoms with Gasteiger partial charge < -0.3 is 5.11 Å². The smallest absolute Gasteiger partial charge is 0.306 e. The Balaban J connectivity index is 2.73. The third kappa shape index (κ3) is 4.02. The molecule has 0 aliphatic rings. The number of carboxylic acids is 1. The van der Waals surface area contributed by atoms with Gasteiger partial charge in [0, 0.05) is 12.0 Å². The second-order valence-corrected chi connectivity index (χ2v) is 4.32. The molecule has 92 valence electrons. The fraction of sp³-hybridized carbons (Fsp3) is 0.429. The zero-order chi connectivity index (χ0) is 12.8. The normalized spacial score (nSPS) is 12.1. The Bertz CT molecular complexity index is 410. The lowest BCUT2D eigenvalue weighted by atomic mass is 9.94. The molecule has 0 aliphatic heterocycles. The van der Waals surface area contributed by atoms with Crippen molar-refractivity contribution in [3.05, 3.63) is 35.4 Å². The number of rotatable bonds is 6. The first-order valence-corrected chi connectivity index (χ1v) is 5.87. The molecule has 0 heterocycles. The molecule has 1 rings (SSSR count). The van der Waals surface area contributed by atoms with Crippen LogP contribution < -0.4 is 0 Å². The van der Waals surface area contributed by atoms with Gasteiger partial charge in [0.15, 0.2) is 5.78 Å². The molecule has 1 unspecified atom stereocenters. The van der Waals surface area contributed by atoms with Gasteiger partial charge in [0.2, 0.25) is 0 Å². The molecule has 0 spiro atoms. The highest BCUT2D eigenvalue weighted by Crippen LogP contribution is 2.16. The Labute approximate surface area is 101 Å². The van der Waals surface area contributed by atoms with E-state index in [1.54, 1.807) is 12.1 Å². The number of carboxylic acid groups (broad SMARTS) is 1. The summed E-state index contributed by atoms with van der Waals surface area (Å²) in [5.41, 5.74) is 1.62. The first-order valence-electron chi connectivity index (χ1n) is 5.87. The van der Waals surface area contributed by atoms with Crippen LogP contribution in [0.2, 0.25) is 0 Å². The third-order valence-corrected chi connectivity index (χ3v) is 2.76. The zero-order valence-electron chi connectivity index (χ0n) is 10.3. The van der Waals surface area contributed by atoms with E-state index >= 15 is 0 Å². The molecule has 1 aromatic carbocycles. The second kappa shape index (κ2) is 6.18. The van der Waals surface area contributed by atoms with Crippen LogP contribution in [0.4, 0.5) is 0 Å². The predicted octanol–water partition coefficient (Wildman–Crippen LogP) is 3.07. The van der Waals surface area contributed by atoms with Crippen LogP contribution in [0.15, 0.2) is 24.3 Å². The van der Waals surface area contributed by atoms with Crippen LogP contribution in [0.25, 0.3) is 0 Å². The van der Waals surface area contributed by atoms with E-state index in [4.69, 9.17) is 5.11 Å². The molecule has 0 amide bonds. The Morgan fingerprint density at radius 3 is 2.59 bits per heavy atom. The molecule has 3 heteroatoms. The number of aryl methyl sites for hydroxylation is 1. The molecule has 1 atom stereocenters. The molecule has 0 saturated heterocycles. The summed E-state index contributed by atoms with van der Waals surface area (Å²) in [7, 11) is 0. The molecule has 17 heavy (non-hydrogen) atoms. The van der Waals surface area contributed by atoms with Gasteiger partial charge in [-0.3, -0.25) is 9.59 Å². The van der Waals surface area contributed by atoms with Crippen molar-refractivity contribution in [3.63, 3.8) is 0 Å². The highest BCUT2D eigenvalue weighted by molar-refractivity contribution is 5.98. The van der Waals surface area contributed by atoms with Crippen molar-refractivity contribution in [1.82, 2.24) is 0 Å². The van der Waals surface area contributed by atoms with Crippen molar-refractivity contribution in [2.75, 3.05) is 0 Å². The molecule has 3 nitrogen and oxygen atoms in total. The number of hydrogen-bond acceptors (Lipinski definition) is 2. The number of Topliss-reactive ketones (excluding diaryl/α,β-unsaturated/α-hetero) is 1. The lowest BCUT2D eigenvalue weighted by Gasteiger charge is -2.10. The molecule has 0 saturated carbocycles. The average Bonchev–Trinajstić information content (AvgIpc) is 2.28. The van der Waals surface area contributed by atoms with E-state index in [1.807, 2.05) is 26.0 Å². The van der Waals surface area contributed by atoms with Crippen LogP contribution >= 0.6 is 0 Å². The van der Waals surface area contributed by atoms with E-state index in [-0.39, 0.29) is 12.2 Å². The minimum absolute atomic E-state index is 0.0884. The molecule has 0 aliphatic carbocycles. The number of benzene rings is 1. The zero-order valence-corrected chi connectivity index (χ0v) is 10.3. The summed E-state index contributed by atoms with van der Waals surface area (Å²) in [5.74, 6) is -1.53. The fourth-order valence-electron chi connectivity index (χ4n) is 1.82. The van der Waals surface area contributed by atoms with Gasteiger partial charge in [0.05, 0.1) is 5.92 Å². The number of aliphatic carboxylic acids is 1. The van der Waals surface area contributed by atoms with Crippen LogP contribution in [0.3, 0.4) is 0 Å². The molecular formula is C14H18O3. The van der Waals surface area contributed by atoms with E-state index in [0.29, 0.717) is 12.0 Å². The summed E-state index contributed by atoms with van der Waals surface area (Å²) in [6.07, 6.45) is 1.41. The summed E-state index contributed by atoms with van der Waals surface area (Å²) in [6.45, 7) is 3.84. The van der Waals surface area contributed by atoms with Crippen molar-refractivity contribution in [2.24, 2.45) is 5.92 Å². The van der Waals surface area contributed by atoms with E-state index in [1.165, 1.54) is 0 Å². The maximum Gasteiger partial charge on any atom is 0.306 e. The van der Waals surface area contributed by atoms with Crippen LogP contribution in [0, 0.1) is 12.8 Å². The van der Waals surface area contributed by atoms with Crippen molar-refractivity contribution in [2.45, 2.75) is 33.1 Å². The van der Waals surface area contributed by atoms with Gasteiger partial charge in [0.25, 0.3) is 0 Å². The largest absolute Gasteiger partial charge is 0.481 e. The summed E-state index contributed by atoms with van der Waals surface area (Å²) in [4.78, 5) is 22.9. The number of carbonyl (C=O) groups is 2. The van der Waals surface area contributed by atoms with E-state index < -0.39 is 11.9 Å². The molecule has 0 radical (unpaired) electrons.